The molecular weight excluding hydrogens is 261 g/mol. The second-order valence-electron chi connectivity index (χ2n) is 4.92. The lowest BCUT2D eigenvalue weighted by Crippen LogP contribution is -2.42. The molecule has 1 fully saturated rings. The lowest BCUT2D eigenvalue weighted by Gasteiger charge is -2.30. The van der Waals surface area contributed by atoms with Gasteiger partial charge in [0.1, 0.15) is 11.3 Å². The van der Waals surface area contributed by atoms with Crippen LogP contribution < -0.4 is 0 Å². The molecule has 2 heterocycles. The highest BCUT2D eigenvalue weighted by atomic mass is 19.1. The van der Waals surface area contributed by atoms with E-state index in [1.54, 1.807) is 0 Å². The van der Waals surface area contributed by atoms with Gasteiger partial charge in [0.15, 0.2) is 0 Å². The molecule has 1 N–H and O–H groups in total. The van der Waals surface area contributed by atoms with Gasteiger partial charge < -0.3 is 10.0 Å². The Labute approximate surface area is 115 Å². The minimum Gasteiger partial charge on any atom is -0.391 e. The lowest BCUT2D eigenvalue weighted by molar-refractivity contribution is 0.0475. The number of rotatable bonds is 1. The molecule has 1 aromatic carbocycles. The van der Waals surface area contributed by atoms with Crippen LogP contribution in [0.15, 0.2) is 24.5 Å². The fourth-order valence-electron chi connectivity index (χ4n) is 2.51. The highest BCUT2D eigenvalue weighted by Crippen LogP contribution is 2.20. The summed E-state index contributed by atoms with van der Waals surface area (Å²) in [5.74, 6) is -0.826. The summed E-state index contributed by atoms with van der Waals surface area (Å²) >= 11 is 0. The van der Waals surface area contributed by atoms with E-state index in [0.717, 1.165) is 6.42 Å². The van der Waals surface area contributed by atoms with E-state index >= 15 is 0 Å². The number of halogens is 1. The van der Waals surface area contributed by atoms with Gasteiger partial charge in [-0.2, -0.15) is 0 Å². The molecule has 0 bridgehead atoms. The predicted molar refractivity (Wildman–Crippen MR) is 70.6 cm³/mol. The maximum absolute atomic E-state index is 13.6. The van der Waals surface area contributed by atoms with Gasteiger partial charge in [0.05, 0.1) is 17.2 Å². The molecule has 104 valence electrons. The molecule has 0 aliphatic carbocycles. The van der Waals surface area contributed by atoms with Crippen LogP contribution in [0.5, 0.6) is 0 Å². The van der Waals surface area contributed by atoms with Crippen molar-refractivity contribution < 1.29 is 14.3 Å². The molecule has 1 amide bonds. The summed E-state index contributed by atoms with van der Waals surface area (Å²) in [5, 5.41) is 9.65. The number of aromatic nitrogens is 2. The zero-order chi connectivity index (χ0) is 14.1. The monoisotopic (exact) mass is 275 g/mol. The van der Waals surface area contributed by atoms with Crippen molar-refractivity contribution in [2.24, 2.45) is 0 Å². The molecule has 0 saturated carbocycles. The highest BCUT2D eigenvalue weighted by Gasteiger charge is 2.25. The van der Waals surface area contributed by atoms with Gasteiger partial charge in [0.25, 0.3) is 5.91 Å². The van der Waals surface area contributed by atoms with Gasteiger partial charge >= 0.3 is 0 Å². The van der Waals surface area contributed by atoms with Crippen molar-refractivity contribution in [3.8, 4) is 0 Å². The number of fused-ring (bicyclic) bond motifs is 1. The lowest BCUT2D eigenvalue weighted by atomic mass is 10.1. The molecule has 20 heavy (non-hydrogen) atoms. The summed E-state index contributed by atoms with van der Waals surface area (Å²) in [4.78, 5) is 22.2. The Kier molecular flexibility index (Phi) is 3.31. The zero-order valence-electron chi connectivity index (χ0n) is 10.8. The second kappa shape index (κ2) is 5.13. The average Bonchev–Trinajstić information content (AvgIpc) is 2.45. The van der Waals surface area contributed by atoms with Crippen LogP contribution in [0.2, 0.25) is 0 Å². The summed E-state index contributed by atoms with van der Waals surface area (Å²) in [7, 11) is 0. The summed E-state index contributed by atoms with van der Waals surface area (Å²) in [6.07, 6.45) is 3.85. The van der Waals surface area contributed by atoms with E-state index in [1.165, 1.54) is 29.4 Å². The normalized spacial score (nSPS) is 19.3. The fraction of sp³-hybridized carbons (Fsp3) is 0.357. The van der Waals surface area contributed by atoms with Crippen LogP contribution in [0.4, 0.5) is 4.39 Å². The Morgan fingerprint density at radius 1 is 1.35 bits per heavy atom. The smallest absolute Gasteiger partial charge is 0.256 e. The van der Waals surface area contributed by atoms with Crippen molar-refractivity contribution in [1.82, 2.24) is 14.9 Å². The third-order valence-corrected chi connectivity index (χ3v) is 3.45. The molecule has 1 unspecified atom stereocenters. The Hall–Kier alpha value is -2.08. The second-order valence-corrected chi connectivity index (χ2v) is 4.92. The van der Waals surface area contributed by atoms with Gasteiger partial charge in [-0.3, -0.25) is 14.8 Å². The van der Waals surface area contributed by atoms with Gasteiger partial charge in [-0.05, 0) is 18.9 Å². The molecule has 0 spiro atoms. The van der Waals surface area contributed by atoms with Crippen molar-refractivity contribution in [3.63, 3.8) is 0 Å². The molecule has 1 aliphatic heterocycles. The first-order valence-electron chi connectivity index (χ1n) is 6.53. The largest absolute Gasteiger partial charge is 0.391 e. The highest BCUT2D eigenvalue weighted by molar-refractivity contribution is 6.04. The van der Waals surface area contributed by atoms with Gasteiger partial charge in [-0.15, -0.1) is 0 Å². The van der Waals surface area contributed by atoms with Crippen LogP contribution in [0, 0.1) is 5.82 Å². The van der Waals surface area contributed by atoms with Crippen LogP contribution in [0.25, 0.3) is 11.0 Å². The molecule has 1 aliphatic rings. The van der Waals surface area contributed by atoms with E-state index in [9.17, 15) is 14.3 Å². The van der Waals surface area contributed by atoms with E-state index in [2.05, 4.69) is 9.97 Å². The van der Waals surface area contributed by atoms with Crippen molar-refractivity contribution in [1.29, 1.82) is 0 Å². The number of aliphatic hydroxyl groups excluding tert-OH is 1. The van der Waals surface area contributed by atoms with Gasteiger partial charge in [-0.25, -0.2) is 4.39 Å². The molecule has 1 aromatic heterocycles. The number of benzene rings is 1. The summed E-state index contributed by atoms with van der Waals surface area (Å²) in [5.41, 5.74) is 0.939. The number of amides is 1. The van der Waals surface area contributed by atoms with E-state index < -0.39 is 11.9 Å². The first-order chi connectivity index (χ1) is 9.65. The van der Waals surface area contributed by atoms with E-state index in [1.807, 2.05) is 0 Å². The maximum atomic E-state index is 13.6. The number of carbonyl (C=O) groups is 1. The third kappa shape index (κ3) is 2.34. The van der Waals surface area contributed by atoms with E-state index in [-0.39, 0.29) is 18.0 Å². The molecule has 5 nitrogen and oxygen atoms in total. The van der Waals surface area contributed by atoms with Crippen molar-refractivity contribution in [3.05, 3.63) is 35.9 Å². The Morgan fingerprint density at radius 2 is 2.15 bits per heavy atom. The third-order valence-electron chi connectivity index (χ3n) is 3.45. The number of nitrogens with zero attached hydrogens (tertiary/aromatic N) is 3. The van der Waals surface area contributed by atoms with Gasteiger partial charge in [0.2, 0.25) is 0 Å². The van der Waals surface area contributed by atoms with Crippen LogP contribution in [-0.4, -0.2) is 45.1 Å². The van der Waals surface area contributed by atoms with Crippen molar-refractivity contribution in [2.75, 3.05) is 13.1 Å². The molecule has 0 radical (unpaired) electrons. The molecule has 3 rings (SSSR count). The number of aliphatic hydroxyl groups is 1. The minimum absolute atomic E-state index is 0.196. The standard InChI is InChI=1S/C14H14FN3O2/c15-9-6-11(13-12(7-9)16-3-4-17-13)14(20)18-5-1-2-10(19)8-18/h3-4,6-7,10,19H,1-2,5,8H2. The van der Waals surface area contributed by atoms with Crippen LogP contribution >= 0.6 is 0 Å². The first-order valence-corrected chi connectivity index (χ1v) is 6.53. The van der Waals surface area contributed by atoms with Crippen molar-refractivity contribution in [2.45, 2.75) is 18.9 Å². The van der Waals surface area contributed by atoms with Gasteiger partial charge in [0, 0.05) is 31.5 Å². The number of likely N-dealkylation sites (tertiary alicyclic amines) is 1. The molecule has 1 saturated heterocycles. The predicted octanol–water partition coefficient (Wildman–Crippen LogP) is 1.37. The van der Waals surface area contributed by atoms with Crippen LogP contribution in [0.3, 0.4) is 0 Å². The zero-order valence-corrected chi connectivity index (χ0v) is 10.8. The Bertz CT molecular complexity index is 662. The molecule has 1 atom stereocenters. The number of β-amino-alcohol motifs (C(OH)–C–C–N with tert-alkyl or cyclic N) is 1. The maximum Gasteiger partial charge on any atom is 0.256 e. The van der Waals surface area contributed by atoms with E-state index in [0.29, 0.717) is 24.0 Å². The average molecular weight is 275 g/mol. The van der Waals surface area contributed by atoms with E-state index in [4.69, 9.17) is 0 Å². The quantitative estimate of drug-likeness (QED) is 0.853. The molecule has 6 heteroatoms. The topological polar surface area (TPSA) is 66.3 Å². The van der Waals surface area contributed by atoms with Gasteiger partial charge in [-0.1, -0.05) is 0 Å². The molecular formula is C14H14FN3O2. The first kappa shape index (κ1) is 12.9. The van der Waals surface area contributed by atoms with Crippen LogP contribution in [-0.2, 0) is 0 Å². The number of hydrogen-bond acceptors (Lipinski definition) is 4. The Morgan fingerprint density at radius 3 is 2.95 bits per heavy atom. The summed E-state index contributed by atoms with van der Waals surface area (Å²) in [6, 6.07) is 2.44. The van der Waals surface area contributed by atoms with Crippen molar-refractivity contribution >= 4 is 16.9 Å². The Balaban J connectivity index is 2.02. The summed E-state index contributed by atoms with van der Waals surface area (Å²) in [6.45, 7) is 0.839. The molecule has 2 aromatic rings. The number of carbonyl (C=O) groups excluding carboxylic acids is 1. The summed E-state index contributed by atoms with van der Waals surface area (Å²) < 4.78 is 13.6. The SMILES string of the molecule is O=C(c1cc(F)cc2nccnc12)N1CCCC(O)C1. The fourth-order valence-corrected chi connectivity index (χ4v) is 2.51. The minimum atomic E-state index is -0.515. The number of hydrogen-bond donors (Lipinski definition) is 1. The van der Waals surface area contributed by atoms with Crippen LogP contribution in [0.1, 0.15) is 23.2 Å². The number of piperidine rings is 1.